The maximum absolute atomic E-state index is 12.7. The maximum Gasteiger partial charge on any atom is 0.124 e. The Morgan fingerprint density at radius 2 is 2.33 bits per heavy atom. The molecular formula is C9H10FNS. The number of nitrogen functional groups attached to an aromatic ring is 1. The van der Waals surface area contributed by atoms with Gasteiger partial charge in [-0.15, -0.1) is 18.3 Å². The molecule has 0 aliphatic heterocycles. The molecular weight excluding hydrogens is 173 g/mol. The molecule has 1 rings (SSSR count). The number of benzene rings is 1. The third kappa shape index (κ3) is 2.27. The Bertz CT molecular complexity index is 286. The molecule has 0 radical (unpaired) electrons. The Morgan fingerprint density at radius 1 is 1.58 bits per heavy atom. The van der Waals surface area contributed by atoms with Gasteiger partial charge in [-0.1, -0.05) is 6.08 Å². The van der Waals surface area contributed by atoms with Crippen LogP contribution in [0.5, 0.6) is 0 Å². The van der Waals surface area contributed by atoms with Crippen LogP contribution in [0.4, 0.5) is 10.1 Å². The van der Waals surface area contributed by atoms with Crippen molar-refractivity contribution in [2.75, 3.05) is 11.5 Å². The molecule has 0 atom stereocenters. The largest absolute Gasteiger partial charge is 0.398 e. The zero-order chi connectivity index (χ0) is 8.97. The number of halogens is 1. The molecule has 0 aromatic heterocycles. The second-order valence-corrected chi connectivity index (χ2v) is 3.34. The third-order valence-electron chi connectivity index (χ3n) is 1.33. The average molecular weight is 183 g/mol. The zero-order valence-electron chi connectivity index (χ0n) is 6.59. The van der Waals surface area contributed by atoms with Crippen molar-refractivity contribution in [2.24, 2.45) is 0 Å². The molecule has 0 saturated carbocycles. The fourth-order valence-corrected chi connectivity index (χ4v) is 1.51. The topological polar surface area (TPSA) is 26.0 Å². The molecule has 1 aromatic rings. The van der Waals surface area contributed by atoms with Gasteiger partial charge < -0.3 is 5.73 Å². The lowest BCUT2D eigenvalue weighted by atomic mass is 10.3. The number of rotatable bonds is 3. The second kappa shape index (κ2) is 4.16. The van der Waals surface area contributed by atoms with Crippen molar-refractivity contribution in [3.05, 3.63) is 36.7 Å². The van der Waals surface area contributed by atoms with Crippen LogP contribution in [0.15, 0.2) is 35.7 Å². The number of nitrogens with two attached hydrogens (primary N) is 1. The van der Waals surface area contributed by atoms with E-state index in [0.29, 0.717) is 5.69 Å². The molecule has 2 N–H and O–H groups in total. The minimum Gasteiger partial charge on any atom is -0.398 e. The Balaban J connectivity index is 2.82. The first-order chi connectivity index (χ1) is 5.74. The van der Waals surface area contributed by atoms with Gasteiger partial charge in [-0.3, -0.25) is 0 Å². The predicted octanol–water partition coefficient (Wildman–Crippen LogP) is 2.69. The maximum atomic E-state index is 12.7. The van der Waals surface area contributed by atoms with E-state index >= 15 is 0 Å². The minimum absolute atomic E-state index is 0.254. The van der Waals surface area contributed by atoms with Gasteiger partial charge in [-0.2, -0.15) is 0 Å². The van der Waals surface area contributed by atoms with Crippen molar-refractivity contribution in [1.29, 1.82) is 0 Å². The first-order valence-corrected chi connectivity index (χ1v) is 4.51. The average Bonchev–Trinajstić information content (AvgIpc) is 2.07. The lowest BCUT2D eigenvalue weighted by Gasteiger charge is -2.02. The highest BCUT2D eigenvalue weighted by molar-refractivity contribution is 7.99. The highest BCUT2D eigenvalue weighted by Gasteiger charge is 1.99. The second-order valence-electron chi connectivity index (χ2n) is 2.28. The molecule has 0 aliphatic carbocycles. The Kier molecular flexibility index (Phi) is 3.17. The normalized spacial score (nSPS) is 9.75. The summed E-state index contributed by atoms with van der Waals surface area (Å²) in [5.74, 6) is 0.490. The van der Waals surface area contributed by atoms with E-state index in [9.17, 15) is 4.39 Å². The van der Waals surface area contributed by atoms with Gasteiger partial charge >= 0.3 is 0 Å². The van der Waals surface area contributed by atoms with Gasteiger partial charge in [0, 0.05) is 16.3 Å². The summed E-state index contributed by atoms with van der Waals surface area (Å²) in [6, 6.07) is 4.36. The van der Waals surface area contributed by atoms with Crippen LogP contribution in [0, 0.1) is 5.82 Å². The van der Waals surface area contributed by atoms with Crippen molar-refractivity contribution >= 4 is 17.4 Å². The smallest absolute Gasteiger partial charge is 0.124 e. The van der Waals surface area contributed by atoms with Gasteiger partial charge in [0.2, 0.25) is 0 Å². The Morgan fingerprint density at radius 3 is 3.00 bits per heavy atom. The van der Waals surface area contributed by atoms with Crippen LogP contribution >= 0.6 is 11.8 Å². The van der Waals surface area contributed by atoms with Crippen molar-refractivity contribution < 1.29 is 4.39 Å². The standard InChI is InChI=1S/C9H10FNS/c1-2-5-12-9-6-7(10)3-4-8(9)11/h2-4,6H,1,5,11H2. The van der Waals surface area contributed by atoms with Crippen LogP contribution in [-0.4, -0.2) is 5.75 Å². The van der Waals surface area contributed by atoms with Gasteiger partial charge in [0.1, 0.15) is 5.82 Å². The van der Waals surface area contributed by atoms with Crippen molar-refractivity contribution in [1.82, 2.24) is 0 Å². The molecule has 0 amide bonds. The molecule has 3 heteroatoms. The molecule has 1 aromatic carbocycles. The van der Waals surface area contributed by atoms with Crippen LogP contribution in [0.3, 0.4) is 0 Å². The third-order valence-corrected chi connectivity index (χ3v) is 2.40. The lowest BCUT2D eigenvalue weighted by molar-refractivity contribution is 0.624. The fraction of sp³-hybridized carbons (Fsp3) is 0.111. The summed E-state index contributed by atoms with van der Waals surface area (Å²) >= 11 is 1.48. The van der Waals surface area contributed by atoms with E-state index in [4.69, 9.17) is 5.73 Å². The number of hydrogen-bond donors (Lipinski definition) is 1. The molecule has 12 heavy (non-hydrogen) atoms. The number of hydrogen-bond acceptors (Lipinski definition) is 2. The first kappa shape index (κ1) is 9.13. The van der Waals surface area contributed by atoms with Crippen molar-refractivity contribution in [2.45, 2.75) is 4.90 Å². The Hall–Kier alpha value is -0.960. The highest BCUT2D eigenvalue weighted by atomic mass is 32.2. The van der Waals surface area contributed by atoms with Crippen molar-refractivity contribution in [3.8, 4) is 0 Å². The van der Waals surface area contributed by atoms with Crippen LogP contribution in [0.2, 0.25) is 0 Å². The summed E-state index contributed by atoms with van der Waals surface area (Å²) in [6.45, 7) is 3.57. The summed E-state index contributed by atoms with van der Waals surface area (Å²) in [7, 11) is 0. The number of thioether (sulfide) groups is 1. The SMILES string of the molecule is C=CCSc1cc(F)ccc1N. The van der Waals surface area contributed by atoms with Crippen molar-refractivity contribution in [3.63, 3.8) is 0 Å². The summed E-state index contributed by atoms with van der Waals surface area (Å²) < 4.78 is 12.7. The first-order valence-electron chi connectivity index (χ1n) is 3.52. The molecule has 0 heterocycles. The number of anilines is 1. The zero-order valence-corrected chi connectivity index (χ0v) is 7.40. The summed E-state index contributed by atoms with van der Waals surface area (Å²) in [5.41, 5.74) is 6.22. The fourth-order valence-electron chi connectivity index (χ4n) is 0.782. The lowest BCUT2D eigenvalue weighted by Crippen LogP contribution is -1.89. The van der Waals surface area contributed by atoms with E-state index in [0.717, 1.165) is 10.6 Å². The molecule has 1 nitrogen and oxygen atoms in total. The minimum atomic E-state index is -0.254. The van der Waals surface area contributed by atoms with Crippen LogP contribution < -0.4 is 5.73 Å². The molecule has 0 bridgehead atoms. The predicted molar refractivity (Wildman–Crippen MR) is 51.7 cm³/mol. The van der Waals surface area contributed by atoms with Gasteiger partial charge in [0.15, 0.2) is 0 Å². The van der Waals surface area contributed by atoms with Crippen LogP contribution in [-0.2, 0) is 0 Å². The van der Waals surface area contributed by atoms with Crippen LogP contribution in [0.1, 0.15) is 0 Å². The molecule has 0 fully saturated rings. The van der Waals surface area contributed by atoms with E-state index in [-0.39, 0.29) is 5.82 Å². The molecule has 0 aliphatic rings. The van der Waals surface area contributed by atoms with Crippen LogP contribution in [0.25, 0.3) is 0 Å². The monoisotopic (exact) mass is 183 g/mol. The highest BCUT2D eigenvalue weighted by Crippen LogP contribution is 2.25. The summed E-state index contributed by atoms with van der Waals surface area (Å²) in [6.07, 6.45) is 1.76. The molecule has 0 saturated heterocycles. The quantitative estimate of drug-likeness (QED) is 0.443. The van der Waals surface area contributed by atoms with Gasteiger partial charge in [-0.25, -0.2) is 4.39 Å². The van der Waals surface area contributed by atoms with E-state index in [2.05, 4.69) is 6.58 Å². The van der Waals surface area contributed by atoms with E-state index in [1.54, 1.807) is 12.1 Å². The summed E-state index contributed by atoms with van der Waals surface area (Å²) in [5, 5.41) is 0. The van der Waals surface area contributed by atoms with Gasteiger partial charge in [-0.05, 0) is 18.2 Å². The van der Waals surface area contributed by atoms with E-state index in [1.807, 2.05) is 0 Å². The molecule has 64 valence electrons. The molecule has 0 unspecified atom stereocenters. The summed E-state index contributed by atoms with van der Waals surface area (Å²) in [4.78, 5) is 0.773. The molecule has 0 spiro atoms. The van der Waals surface area contributed by atoms with Gasteiger partial charge in [0.25, 0.3) is 0 Å². The van der Waals surface area contributed by atoms with E-state index < -0.39 is 0 Å². The Labute approximate surface area is 75.5 Å². The van der Waals surface area contributed by atoms with Gasteiger partial charge in [0.05, 0.1) is 0 Å². The van der Waals surface area contributed by atoms with E-state index in [1.165, 1.54) is 23.9 Å².